The molecular weight excluding hydrogens is 216 g/mol. The van der Waals surface area contributed by atoms with E-state index in [4.69, 9.17) is 0 Å². The van der Waals surface area contributed by atoms with Crippen LogP contribution in [0.25, 0.3) is 0 Å². The largest absolute Gasteiger partial charge is 0.309 e. The third-order valence-electron chi connectivity index (χ3n) is 4.17. The second-order valence-corrected chi connectivity index (χ2v) is 6.94. The number of nitrogens with zero attached hydrogens (tertiary/aromatic N) is 1. The first-order valence-corrected chi connectivity index (χ1v) is 7.83. The molecular formula is C13H26N2S. The average Bonchev–Trinajstić information content (AvgIpc) is 2.77. The highest BCUT2D eigenvalue weighted by Crippen LogP contribution is 2.31. The van der Waals surface area contributed by atoms with E-state index in [2.05, 4.69) is 42.9 Å². The van der Waals surface area contributed by atoms with Crippen LogP contribution in [0.15, 0.2) is 0 Å². The van der Waals surface area contributed by atoms with E-state index in [1.54, 1.807) is 0 Å². The Labute approximate surface area is 105 Å². The highest BCUT2D eigenvalue weighted by molar-refractivity contribution is 7.99. The van der Waals surface area contributed by atoms with Crippen LogP contribution in [0.1, 0.15) is 39.5 Å². The quantitative estimate of drug-likeness (QED) is 0.814. The van der Waals surface area contributed by atoms with E-state index in [0.717, 1.165) is 23.4 Å². The van der Waals surface area contributed by atoms with E-state index in [0.29, 0.717) is 0 Å². The molecule has 1 aliphatic heterocycles. The number of thioether (sulfide) groups is 1. The summed E-state index contributed by atoms with van der Waals surface area (Å²) in [4.78, 5) is 2.48. The van der Waals surface area contributed by atoms with Gasteiger partial charge in [-0.25, -0.2) is 0 Å². The van der Waals surface area contributed by atoms with Crippen LogP contribution in [0.5, 0.6) is 0 Å². The Morgan fingerprint density at radius 2 is 2.19 bits per heavy atom. The maximum absolute atomic E-state index is 3.91. The zero-order valence-corrected chi connectivity index (χ0v) is 11.7. The Kier molecular flexibility index (Phi) is 4.57. The Bertz CT molecular complexity index is 212. The maximum atomic E-state index is 3.91. The Morgan fingerprint density at radius 3 is 2.81 bits per heavy atom. The van der Waals surface area contributed by atoms with E-state index < -0.39 is 0 Å². The van der Waals surface area contributed by atoms with Crippen LogP contribution < -0.4 is 5.32 Å². The lowest BCUT2D eigenvalue weighted by Gasteiger charge is -2.24. The first kappa shape index (κ1) is 12.7. The van der Waals surface area contributed by atoms with Gasteiger partial charge < -0.3 is 10.2 Å². The zero-order valence-electron chi connectivity index (χ0n) is 10.9. The van der Waals surface area contributed by atoms with Crippen molar-refractivity contribution in [2.45, 2.75) is 62.9 Å². The molecule has 4 atom stereocenters. The van der Waals surface area contributed by atoms with Gasteiger partial charge in [0.25, 0.3) is 0 Å². The van der Waals surface area contributed by atoms with Gasteiger partial charge in [-0.2, -0.15) is 11.8 Å². The van der Waals surface area contributed by atoms with E-state index in [-0.39, 0.29) is 0 Å². The fourth-order valence-corrected chi connectivity index (χ4v) is 4.36. The molecule has 0 aromatic carbocycles. The highest BCUT2D eigenvalue weighted by atomic mass is 32.2. The van der Waals surface area contributed by atoms with Crippen LogP contribution in [-0.4, -0.2) is 47.6 Å². The molecule has 1 heterocycles. The molecule has 94 valence electrons. The second-order valence-electron chi connectivity index (χ2n) is 5.42. The molecule has 3 heteroatoms. The molecule has 0 spiro atoms. The standard InChI is InChI=1S/C13H26N2S/c1-4-16-13-7-5-6-12(13)14-11-8-10(2)15(3)9-11/h10-14H,4-9H2,1-3H3. The smallest absolute Gasteiger partial charge is 0.0212 e. The molecule has 1 aliphatic carbocycles. The second kappa shape index (κ2) is 5.74. The van der Waals surface area contributed by atoms with Crippen molar-refractivity contribution in [1.29, 1.82) is 0 Å². The number of hydrogen-bond acceptors (Lipinski definition) is 3. The number of likely N-dealkylation sites (N-methyl/N-ethyl adjacent to an activating group) is 1. The van der Waals surface area contributed by atoms with Crippen molar-refractivity contribution in [3.63, 3.8) is 0 Å². The molecule has 4 unspecified atom stereocenters. The molecule has 0 aromatic rings. The van der Waals surface area contributed by atoms with Crippen LogP contribution in [0.4, 0.5) is 0 Å². The summed E-state index contributed by atoms with van der Waals surface area (Å²) in [5.41, 5.74) is 0. The summed E-state index contributed by atoms with van der Waals surface area (Å²) in [6.45, 7) is 5.86. The van der Waals surface area contributed by atoms with Crippen molar-refractivity contribution in [3.05, 3.63) is 0 Å². The first-order chi connectivity index (χ1) is 7.70. The average molecular weight is 242 g/mol. The minimum atomic E-state index is 0.739. The Hall–Kier alpha value is 0.270. The summed E-state index contributed by atoms with van der Waals surface area (Å²) in [6.07, 6.45) is 5.57. The molecule has 2 aliphatic rings. The summed E-state index contributed by atoms with van der Waals surface area (Å²) in [5.74, 6) is 1.27. The fourth-order valence-electron chi connectivity index (χ4n) is 3.15. The van der Waals surface area contributed by atoms with Crippen LogP contribution in [-0.2, 0) is 0 Å². The normalized spacial score (nSPS) is 40.7. The summed E-state index contributed by atoms with van der Waals surface area (Å²) < 4.78 is 0. The third kappa shape index (κ3) is 2.93. The van der Waals surface area contributed by atoms with Gasteiger partial charge in [0.2, 0.25) is 0 Å². The molecule has 1 N–H and O–H groups in total. The van der Waals surface area contributed by atoms with Crippen molar-refractivity contribution in [1.82, 2.24) is 10.2 Å². The van der Waals surface area contributed by atoms with Crippen LogP contribution >= 0.6 is 11.8 Å². The van der Waals surface area contributed by atoms with Crippen LogP contribution in [0, 0.1) is 0 Å². The van der Waals surface area contributed by atoms with Gasteiger partial charge in [0.05, 0.1) is 0 Å². The van der Waals surface area contributed by atoms with Gasteiger partial charge in [0, 0.05) is 29.9 Å². The minimum absolute atomic E-state index is 0.739. The molecule has 0 bridgehead atoms. The predicted octanol–water partition coefficient (Wildman–Crippen LogP) is 2.34. The van der Waals surface area contributed by atoms with E-state index in [1.165, 1.54) is 38.0 Å². The van der Waals surface area contributed by atoms with E-state index in [1.807, 2.05) is 0 Å². The van der Waals surface area contributed by atoms with Gasteiger partial charge in [0.1, 0.15) is 0 Å². The molecule has 16 heavy (non-hydrogen) atoms. The van der Waals surface area contributed by atoms with Crippen molar-refractivity contribution in [2.24, 2.45) is 0 Å². The third-order valence-corrected chi connectivity index (χ3v) is 5.50. The lowest BCUT2D eigenvalue weighted by molar-refractivity contribution is 0.324. The molecule has 2 rings (SSSR count). The lowest BCUT2D eigenvalue weighted by Crippen LogP contribution is -2.42. The zero-order chi connectivity index (χ0) is 11.5. The molecule has 2 nitrogen and oxygen atoms in total. The number of rotatable bonds is 4. The van der Waals surface area contributed by atoms with Crippen molar-refractivity contribution < 1.29 is 0 Å². The monoisotopic (exact) mass is 242 g/mol. The van der Waals surface area contributed by atoms with Crippen molar-refractivity contribution >= 4 is 11.8 Å². The van der Waals surface area contributed by atoms with Gasteiger partial charge in [-0.15, -0.1) is 0 Å². The number of nitrogens with one attached hydrogen (secondary N) is 1. The Morgan fingerprint density at radius 1 is 1.38 bits per heavy atom. The summed E-state index contributed by atoms with van der Waals surface area (Å²) in [6, 6.07) is 2.29. The summed E-state index contributed by atoms with van der Waals surface area (Å²) in [5, 5.41) is 4.79. The Balaban J connectivity index is 1.80. The van der Waals surface area contributed by atoms with Crippen LogP contribution in [0.2, 0.25) is 0 Å². The fraction of sp³-hybridized carbons (Fsp3) is 1.00. The molecule has 0 aromatic heterocycles. The van der Waals surface area contributed by atoms with Gasteiger partial charge in [-0.1, -0.05) is 13.3 Å². The van der Waals surface area contributed by atoms with Gasteiger partial charge in [-0.05, 0) is 39.0 Å². The van der Waals surface area contributed by atoms with Crippen molar-refractivity contribution in [3.8, 4) is 0 Å². The van der Waals surface area contributed by atoms with Crippen LogP contribution in [0.3, 0.4) is 0 Å². The van der Waals surface area contributed by atoms with Gasteiger partial charge >= 0.3 is 0 Å². The van der Waals surface area contributed by atoms with Crippen molar-refractivity contribution in [2.75, 3.05) is 19.3 Å². The number of likely N-dealkylation sites (tertiary alicyclic amines) is 1. The lowest BCUT2D eigenvalue weighted by atomic mass is 10.1. The maximum Gasteiger partial charge on any atom is 0.0212 e. The SMILES string of the molecule is CCSC1CCCC1NC1CC(C)N(C)C1. The van der Waals surface area contributed by atoms with E-state index in [9.17, 15) is 0 Å². The molecule has 2 fully saturated rings. The molecule has 0 radical (unpaired) electrons. The topological polar surface area (TPSA) is 15.3 Å². The highest BCUT2D eigenvalue weighted by Gasteiger charge is 2.32. The predicted molar refractivity (Wildman–Crippen MR) is 73.2 cm³/mol. The van der Waals surface area contributed by atoms with Gasteiger partial charge in [-0.3, -0.25) is 0 Å². The summed E-state index contributed by atoms with van der Waals surface area (Å²) >= 11 is 2.16. The molecule has 0 amide bonds. The van der Waals surface area contributed by atoms with E-state index >= 15 is 0 Å². The first-order valence-electron chi connectivity index (χ1n) is 6.78. The minimum Gasteiger partial charge on any atom is -0.309 e. The number of hydrogen-bond donors (Lipinski definition) is 1. The summed E-state index contributed by atoms with van der Waals surface area (Å²) in [7, 11) is 2.25. The van der Waals surface area contributed by atoms with Gasteiger partial charge in [0.15, 0.2) is 0 Å². The molecule has 1 saturated heterocycles. The molecule has 1 saturated carbocycles.